The minimum atomic E-state index is 0.193. The van der Waals surface area contributed by atoms with Crippen LogP contribution in [0.25, 0.3) is 0 Å². The standard InChI is InChI=1S/C12H19BrN2OS/c1-2-10(14)12(11-7-9(13)8-17-11)15-3-5-16-6-4-15/h7-8,10,12H,2-6,14H2,1H3. The molecule has 1 aliphatic heterocycles. The van der Waals surface area contributed by atoms with Crippen LogP contribution in [0.4, 0.5) is 0 Å². The number of nitrogens with two attached hydrogens (primary N) is 1. The molecule has 2 rings (SSSR count). The predicted molar refractivity (Wildman–Crippen MR) is 75.4 cm³/mol. The Hall–Kier alpha value is 0.0600. The third kappa shape index (κ3) is 3.29. The summed E-state index contributed by atoms with van der Waals surface area (Å²) in [7, 11) is 0. The molecular formula is C12H19BrN2OS. The van der Waals surface area contributed by atoms with Crippen LogP contribution in [0.1, 0.15) is 24.3 Å². The van der Waals surface area contributed by atoms with Gasteiger partial charge in [-0.1, -0.05) is 6.92 Å². The number of thiophene rings is 1. The van der Waals surface area contributed by atoms with Crippen LogP contribution in [0.2, 0.25) is 0 Å². The van der Waals surface area contributed by atoms with Crippen molar-refractivity contribution in [3.63, 3.8) is 0 Å². The van der Waals surface area contributed by atoms with Crippen LogP contribution in [0.3, 0.4) is 0 Å². The summed E-state index contributed by atoms with van der Waals surface area (Å²) < 4.78 is 6.57. The van der Waals surface area contributed by atoms with Crippen LogP contribution in [-0.4, -0.2) is 37.2 Å². The molecule has 96 valence electrons. The van der Waals surface area contributed by atoms with E-state index in [0.29, 0.717) is 6.04 Å². The molecule has 1 aromatic rings. The molecule has 1 aliphatic rings. The van der Waals surface area contributed by atoms with Gasteiger partial charge in [-0.15, -0.1) is 11.3 Å². The average molecular weight is 319 g/mol. The summed E-state index contributed by atoms with van der Waals surface area (Å²) in [5.41, 5.74) is 6.30. The first-order chi connectivity index (χ1) is 8.22. The highest BCUT2D eigenvalue weighted by Crippen LogP contribution is 2.32. The van der Waals surface area contributed by atoms with E-state index in [1.54, 1.807) is 11.3 Å². The summed E-state index contributed by atoms with van der Waals surface area (Å²) in [4.78, 5) is 3.81. The SMILES string of the molecule is CCC(N)C(c1cc(Br)cs1)N1CCOCC1. The van der Waals surface area contributed by atoms with Gasteiger partial charge in [0.15, 0.2) is 0 Å². The van der Waals surface area contributed by atoms with E-state index >= 15 is 0 Å². The highest BCUT2D eigenvalue weighted by Gasteiger charge is 2.28. The van der Waals surface area contributed by atoms with Gasteiger partial charge in [-0.2, -0.15) is 0 Å². The van der Waals surface area contributed by atoms with Gasteiger partial charge in [0.25, 0.3) is 0 Å². The van der Waals surface area contributed by atoms with E-state index in [-0.39, 0.29) is 6.04 Å². The third-order valence-electron chi connectivity index (χ3n) is 3.20. The minimum Gasteiger partial charge on any atom is -0.379 e. The number of halogens is 1. The van der Waals surface area contributed by atoms with Crippen molar-refractivity contribution >= 4 is 27.3 Å². The number of hydrogen-bond acceptors (Lipinski definition) is 4. The lowest BCUT2D eigenvalue weighted by Crippen LogP contribution is -2.45. The van der Waals surface area contributed by atoms with Gasteiger partial charge < -0.3 is 10.5 Å². The molecule has 0 bridgehead atoms. The van der Waals surface area contributed by atoms with Crippen LogP contribution < -0.4 is 5.73 Å². The zero-order valence-corrected chi connectivity index (χ0v) is 12.5. The second kappa shape index (κ2) is 6.29. The molecule has 0 aromatic carbocycles. The molecule has 2 heterocycles. The van der Waals surface area contributed by atoms with E-state index in [4.69, 9.17) is 10.5 Å². The van der Waals surface area contributed by atoms with Gasteiger partial charge in [-0.3, -0.25) is 4.90 Å². The molecular weight excluding hydrogens is 300 g/mol. The maximum atomic E-state index is 6.30. The summed E-state index contributed by atoms with van der Waals surface area (Å²) in [6.45, 7) is 5.75. The number of nitrogens with zero attached hydrogens (tertiary/aromatic N) is 1. The fourth-order valence-corrected chi connectivity index (χ4v) is 3.88. The van der Waals surface area contributed by atoms with Gasteiger partial charge in [0.2, 0.25) is 0 Å². The van der Waals surface area contributed by atoms with Gasteiger partial charge in [0.1, 0.15) is 0 Å². The van der Waals surface area contributed by atoms with Crippen LogP contribution in [0, 0.1) is 0 Å². The average Bonchev–Trinajstić information content (AvgIpc) is 2.77. The molecule has 1 fully saturated rings. The molecule has 2 N–H and O–H groups in total. The highest BCUT2D eigenvalue weighted by atomic mass is 79.9. The van der Waals surface area contributed by atoms with E-state index in [9.17, 15) is 0 Å². The Morgan fingerprint density at radius 1 is 1.53 bits per heavy atom. The predicted octanol–water partition coefficient (Wildman–Crippen LogP) is 2.62. The highest BCUT2D eigenvalue weighted by molar-refractivity contribution is 9.10. The molecule has 0 saturated carbocycles. The van der Waals surface area contributed by atoms with E-state index in [1.165, 1.54) is 4.88 Å². The summed E-state index contributed by atoms with van der Waals surface area (Å²) in [6, 6.07) is 2.72. The van der Waals surface area contributed by atoms with Crippen LogP contribution in [0.15, 0.2) is 15.9 Å². The van der Waals surface area contributed by atoms with Gasteiger partial charge in [0, 0.05) is 33.9 Å². The van der Waals surface area contributed by atoms with Gasteiger partial charge in [0.05, 0.1) is 19.3 Å². The molecule has 0 spiro atoms. The largest absolute Gasteiger partial charge is 0.379 e. The third-order valence-corrected chi connectivity index (χ3v) is 4.96. The Balaban J connectivity index is 2.17. The maximum Gasteiger partial charge on any atom is 0.0595 e. The number of ether oxygens (including phenoxy) is 1. The second-order valence-corrected chi connectivity index (χ2v) is 6.19. The van der Waals surface area contributed by atoms with Crippen LogP contribution in [-0.2, 0) is 4.74 Å². The molecule has 5 heteroatoms. The zero-order valence-electron chi connectivity index (χ0n) is 10.1. The van der Waals surface area contributed by atoms with Gasteiger partial charge in [-0.05, 0) is 28.4 Å². The Labute approximate surface area is 115 Å². The molecule has 1 saturated heterocycles. The van der Waals surface area contributed by atoms with Crippen molar-refractivity contribution in [1.82, 2.24) is 4.90 Å². The summed E-state index contributed by atoms with van der Waals surface area (Å²) in [5, 5.41) is 2.13. The molecule has 0 amide bonds. The molecule has 0 aliphatic carbocycles. The van der Waals surface area contributed by atoms with Crippen molar-refractivity contribution in [2.24, 2.45) is 5.73 Å². The van der Waals surface area contributed by atoms with Crippen LogP contribution in [0.5, 0.6) is 0 Å². The summed E-state index contributed by atoms with van der Waals surface area (Å²) >= 11 is 5.31. The first-order valence-corrected chi connectivity index (χ1v) is 7.71. The van der Waals surface area contributed by atoms with Crippen molar-refractivity contribution in [2.45, 2.75) is 25.4 Å². The molecule has 3 nitrogen and oxygen atoms in total. The van der Waals surface area contributed by atoms with Crippen molar-refractivity contribution in [2.75, 3.05) is 26.3 Å². The molecule has 2 unspecified atom stereocenters. The lowest BCUT2D eigenvalue weighted by atomic mass is 10.0. The Morgan fingerprint density at radius 2 is 2.24 bits per heavy atom. The molecule has 0 radical (unpaired) electrons. The smallest absolute Gasteiger partial charge is 0.0595 e. The van der Waals surface area contributed by atoms with E-state index in [2.05, 4.69) is 39.2 Å². The lowest BCUT2D eigenvalue weighted by Gasteiger charge is -2.37. The number of hydrogen-bond donors (Lipinski definition) is 1. The van der Waals surface area contributed by atoms with Crippen molar-refractivity contribution < 1.29 is 4.74 Å². The molecule has 2 atom stereocenters. The second-order valence-electron chi connectivity index (χ2n) is 4.33. The monoisotopic (exact) mass is 318 g/mol. The summed E-state index contributed by atoms with van der Waals surface area (Å²) in [5.74, 6) is 0. The van der Waals surface area contributed by atoms with Crippen molar-refractivity contribution in [3.8, 4) is 0 Å². The topological polar surface area (TPSA) is 38.5 Å². The van der Waals surface area contributed by atoms with Crippen molar-refractivity contribution in [3.05, 3.63) is 20.8 Å². The van der Waals surface area contributed by atoms with Crippen molar-refractivity contribution in [1.29, 1.82) is 0 Å². The maximum absolute atomic E-state index is 6.30. The van der Waals surface area contributed by atoms with E-state index in [1.807, 2.05) is 0 Å². The Kier molecular flexibility index (Phi) is 4.99. The number of morpholine rings is 1. The number of rotatable bonds is 4. The first-order valence-electron chi connectivity index (χ1n) is 6.03. The Bertz CT molecular complexity index is 352. The fraction of sp³-hybridized carbons (Fsp3) is 0.667. The van der Waals surface area contributed by atoms with Gasteiger partial charge in [-0.25, -0.2) is 0 Å². The van der Waals surface area contributed by atoms with Crippen LogP contribution >= 0.6 is 27.3 Å². The first kappa shape index (κ1) is 13.5. The quantitative estimate of drug-likeness (QED) is 0.927. The van der Waals surface area contributed by atoms with Gasteiger partial charge >= 0.3 is 0 Å². The fourth-order valence-electron chi connectivity index (χ4n) is 2.22. The summed E-state index contributed by atoms with van der Waals surface area (Å²) in [6.07, 6.45) is 0.998. The van der Waals surface area contributed by atoms with E-state index in [0.717, 1.165) is 37.2 Å². The molecule has 17 heavy (non-hydrogen) atoms. The normalized spacial score (nSPS) is 21.4. The Morgan fingerprint density at radius 3 is 2.76 bits per heavy atom. The molecule has 1 aromatic heterocycles. The lowest BCUT2D eigenvalue weighted by molar-refractivity contribution is 0.0109. The zero-order chi connectivity index (χ0) is 12.3. The minimum absolute atomic E-state index is 0.193. The van der Waals surface area contributed by atoms with E-state index < -0.39 is 0 Å².